The molecule has 2 heterocycles. The van der Waals surface area contributed by atoms with E-state index in [1.807, 2.05) is 32.0 Å². The molecule has 8 heteroatoms. The van der Waals surface area contributed by atoms with Crippen molar-refractivity contribution in [2.24, 2.45) is 0 Å². The van der Waals surface area contributed by atoms with Gasteiger partial charge in [0, 0.05) is 46.5 Å². The highest BCUT2D eigenvalue weighted by atomic mass is 127. The number of alkyl halides is 1. The first-order valence-corrected chi connectivity index (χ1v) is 13.9. The number of sulfone groups is 1. The smallest absolute Gasteiger partial charge is 0.175 e. The lowest BCUT2D eigenvalue weighted by Crippen LogP contribution is -2.25. The fourth-order valence-corrected chi connectivity index (χ4v) is 3.82. The lowest BCUT2D eigenvalue weighted by molar-refractivity contribution is 0.0115. The summed E-state index contributed by atoms with van der Waals surface area (Å²) in [5.41, 5.74) is 4.29. The predicted octanol–water partition coefficient (Wildman–Crippen LogP) is 6.41. The third-order valence-electron chi connectivity index (χ3n) is 4.49. The summed E-state index contributed by atoms with van der Waals surface area (Å²) in [6, 6.07) is 12.4. The van der Waals surface area contributed by atoms with Crippen molar-refractivity contribution in [3.8, 4) is 22.4 Å². The number of halogens is 2. The van der Waals surface area contributed by atoms with Crippen molar-refractivity contribution in [3.63, 3.8) is 0 Å². The molecule has 0 aliphatic carbocycles. The second kappa shape index (κ2) is 11.5. The summed E-state index contributed by atoms with van der Waals surface area (Å²) in [4.78, 5) is 9.02. The zero-order valence-corrected chi connectivity index (χ0v) is 22.6. The molecular formula is C24H28ClIN2O3S. The molecule has 0 fully saturated rings. The molecule has 3 aromatic rings. The van der Waals surface area contributed by atoms with Gasteiger partial charge in [-0.05, 0) is 63.6 Å². The summed E-state index contributed by atoms with van der Waals surface area (Å²) < 4.78 is 29.7. The van der Waals surface area contributed by atoms with E-state index in [-0.39, 0.29) is 10.5 Å². The van der Waals surface area contributed by atoms with Crippen LogP contribution in [0.4, 0.5) is 0 Å². The summed E-state index contributed by atoms with van der Waals surface area (Å²) in [7, 11) is -3.23. The van der Waals surface area contributed by atoms with Crippen molar-refractivity contribution in [2.75, 3.05) is 17.3 Å². The highest BCUT2D eigenvalue weighted by Gasteiger charge is 2.14. The van der Waals surface area contributed by atoms with Crippen LogP contribution in [0.3, 0.4) is 0 Å². The Morgan fingerprint density at radius 1 is 1.03 bits per heavy atom. The van der Waals surface area contributed by atoms with Gasteiger partial charge in [0.25, 0.3) is 0 Å². The lowest BCUT2D eigenvalue weighted by Gasteiger charge is -2.20. The third-order valence-corrected chi connectivity index (χ3v) is 7.66. The van der Waals surface area contributed by atoms with Crippen molar-refractivity contribution in [2.45, 2.75) is 38.2 Å². The van der Waals surface area contributed by atoms with Crippen molar-refractivity contribution >= 4 is 44.0 Å². The number of rotatable bonds is 6. The topological polar surface area (TPSA) is 69.2 Å². The minimum absolute atomic E-state index is 0.0787. The maximum atomic E-state index is 11.6. The van der Waals surface area contributed by atoms with E-state index in [0.717, 1.165) is 39.1 Å². The maximum absolute atomic E-state index is 11.6. The van der Waals surface area contributed by atoms with Crippen molar-refractivity contribution < 1.29 is 13.2 Å². The molecule has 0 aliphatic rings. The number of ether oxygens (including phenoxy) is 1. The van der Waals surface area contributed by atoms with Crippen molar-refractivity contribution in [3.05, 3.63) is 65.6 Å². The van der Waals surface area contributed by atoms with Gasteiger partial charge in [0.05, 0.1) is 21.2 Å². The van der Waals surface area contributed by atoms with Gasteiger partial charge >= 0.3 is 0 Å². The Balaban J connectivity index is 0.000000390. The molecule has 32 heavy (non-hydrogen) atoms. The standard InChI is InChI=1S/C18H15ClN2O2S.C6H13IO/c1-12-3-4-14(10-20-12)18-17(9-15(19)11-21-18)13-5-7-16(8-6-13)24(2,22)23;1-4-8-6(2,3)5-7/h3-11H,1-2H3;4-5H2,1-3H3. The number of aryl methyl sites for hydroxylation is 1. The van der Waals surface area contributed by atoms with Gasteiger partial charge in [-0.15, -0.1) is 0 Å². The molecule has 1 aromatic carbocycles. The molecule has 5 nitrogen and oxygen atoms in total. The molecule has 0 aliphatic heterocycles. The van der Waals surface area contributed by atoms with Gasteiger partial charge in [0.15, 0.2) is 9.84 Å². The van der Waals surface area contributed by atoms with Crippen LogP contribution in [-0.2, 0) is 14.6 Å². The molecule has 0 atom stereocenters. The van der Waals surface area contributed by atoms with Gasteiger partial charge in [0.1, 0.15) is 0 Å². The average molecular weight is 587 g/mol. The largest absolute Gasteiger partial charge is 0.375 e. The van der Waals surface area contributed by atoms with Crippen molar-refractivity contribution in [1.29, 1.82) is 0 Å². The first-order valence-electron chi connectivity index (χ1n) is 10.1. The minimum atomic E-state index is -3.23. The van der Waals surface area contributed by atoms with Gasteiger partial charge in [0.2, 0.25) is 0 Å². The van der Waals surface area contributed by atoms with E-state index < -0.39 is 9.84 Å². The quantitative estimate of drug-likeness (QED) is 0.247. The fraction of sp³-hybridized carbons (Fsp3) is 0.333. The molecule has 0 spiro atoms. The van der Waals surface area contributed by atoms with Crippen LogP contribution in [-0.4, -0.2) is 41.3 Å². The molecule has 0 radical (unpaired) electrons. The molecule has 0 N–H and O–H groups in total. The average Bonchev–Trinajstić information content (AvgIpc) is 2.74. The Hall–Kier alpha value is -1.55. The molecular weight excluding hydrogens is 559 g/mol. The van der Waals surface area contributed by atoms with Crippen molar-refractivity contribution in [1.82, 2.24) is 9.97 Å². The molecule has 0 saturated heterocycles. The monoisotopic (exact) mass is 586 g/mol. The van der Waals surface area contributed by atoms with E-state index in [0.29, 0.717) is 5.02 Å². The van der Waals surface area contributed by atoms with Crippen LogP contribution in [0, 0.1) is 6.92 Å². The fourth-order valence-electron chi connectivity index (χ4n) is 2.81. The van der Waals surface area contributed by atoms with E-state index in [1.165, 1.54) is 6.26 Å². The summed E-state index contributed by atoms with van der Waals surface area (Å²) in [6.45, 7) is 8.96. The number of nitrogens with zero attached hydrogens (tertiary/aromatic N) is 2. The van der Waals surface area contributed by atoms with Gasteiger partial charge in [-0.25, -0.2) is 8.42 Å². The molecule has 0 saturated carbocycles. The number of pyridine rings is 2. The zero-order chi connectivity index (χ0) is 23.9. The molecule has 172 valence electrons. The Kier molecular flexibility index (Phi) is 9.63. The second-order valence-corrected chi connectivity index (χ2v) is 11.1. The van der Waals surface area contributed by atoms with E-state index in [1.54, 1.807) is 36.7 Å². The Morgan fingerprint density at radius 3 is 2.12 bits per heavy atom. The van der Waals surface area contributed by atoms with E-state index in [9.17, 15) is 8.42 Å². The molecule has 3 rings (SSSR count). The summed E-state index contributed by atoms with van der Waals surface area (Å²) >= 11 is 8.44. The van der Waals surface area contributed by atoms with E-state index >= 15 is 0 Å². The van der Waals surface area contributed by atoms with Crippen LogP contribution >= 0.6 is 34.2 Å². The van der Waals surface area contributed by atoms with Gasteiger partial charge in [-0.3, -0.25) is 9.97 Å². The number of hydrogen-bond donors (Lipinski definition) is 0. The van der Waals surface area contributed by atoms with Crippen LogP contribution in [0.15, 0.2) is 59.8 Å². The Labute approximate surface area is 209 Å². The molecule has 2 aromatic heterocycles. The first kappa shape index (κ1) is 26.7. The van der Waals surface area contributed by atoms with Crippen LogP contribution in [0.25, 0.3) is 22.4 Å². The predicted molar refractivity (Wildman–Crippen MR) is 140 cm³/mol. The van der Waals surface area contributed by atoms with Gasteiger partial charge < -0.3 is 4.74 Å². The maximum Gasteiger partial charge on any atom is 0.175 e. The highest BCUT2D eigenvalue weighted by molar-refractivity contribution is 14.1. The van der Waals surface area contributed by atoms with Crippen LogP contribution in [0.2, 0.25) is 5.02 Å². The second-order valence-electron chi connectivity index (χ2n) is 7.86. The number of aromatic nitrogens is 2. The third kappa shape index (κ3) is 7.79. The Morgan fingerprint density at radius 2 is 1.66 bits per heavy atom. The van der Waals surface area contributed by atoms with Crippen LogP contribution in [0.5, 0.6) is 0 Å². The van der Waals surface area contributed by atoms with E-state index in [4.69, 9.17) is 16.3 Å². The summed E-state index contributed by atoms with van der Waals surface area (Å²) in [5.74, 6) is 0. The van der Waals surface area contributed by atoms with Gasteiger partial charge in [-0.2, -0.15) is 0 Å². The number of benzene rings is 1. The number of hydrogen-bond acceptors (Lipinski definition) is 5. The van der Waals surface area contributed by atoms with Crippen LogP contribution in [0.1, 0.15) is 26.5 Å². The summed E-state index contributed by atoms with van der Waals surface area (Å²) in [6.07, 6.45) is 4.54. The van der Waals surface area contributed by atoms with Crippen LogP contribution < -0.4 is 0 Å². The first-order chi connectivity index (χ1) is 15.0. The Bertz CT molecular complexity index is 1130. The molecule has 0 amide bonds. The zero-order valence-electron chi connectivity index (χ0n) is 18.9. The molecule has 0 bridgehead atoms. The van der Waals surface area contributed by atoms with E-state index in [2.05, 4.69) is 46.4 Å². The summed E-state index contributed by atoms with van der Waals surface area (Å²) in [5, 5.41) is 0.515. The minimum Gasteiger partial charge on any atom is -0.375 e. The van der Waals surface area contributed by atoms with Gasteiger partial charge in [-0.1, -0.05) is 46.3 Å². The highest BCUT2D eigenvalue weighted by Crippen LogP contribution is 2.32. The normalized spacial score (nSPS) is 11.6. The SMILES string of the molecule is CCOC(C)(C)CI.Cc1ccc(-c2ncc(Cl)cc2-c2ccc(S(C)(=O)=O)cc2)cn1. The lowest BCUT2D eigenvalue weighted by atomic mass is 10.0. The molecule has 0 unspecified atom stereocenters.